The summed E-state index contributed by atoms with van der Waals surface area (Å²) in [5.41, 5.74) is 0.590. The quantitative estimate of drug-likeness (QED) is 0.600. The Hall–Kier alpha value is -0.530. The molecule has 4 atom stereocenters. The van der Waals surface area contributed by atoms with E-state index >= 15 is 0 Å². The zero-order chi connectivity index (χ0) is 11.4. The van der Waals surface area contributed by atoms with E-state index in [1.54, 1.807) is 0 Å². The molecule has 17 heavy (non-hydrogen) atoms. The molecule has 4 unspecified atom stereocenters. The first kappa shape index (κ1) is 9.41. The van der Waals surface area contributed by atoms with E-state index in [9.17, 15) is 4.79 Å². The van der Waals surface area contributed by atoms with Crippen LogP contribution in [-0.2, 0) is 9.53 Å². The van der Waals surface area contributed by atoms with Crippen LogP contribution in [-0.4, -0.2) is 12.1 Å². The van der Waals surface area contributed by atoms with E-state index in [2.05, 4.69) is 6.92 Å². The van der Waals surface area contributed by atoms with E-state index in [4.69, 9.17) is 4.74 Å². The smallest absolute Gasteiger partial charge is 0.309 e. The number of esters is 1. The molecule has 2 heterocycles. The van der Waals surface area contributed by atoms with Gasteiger partial charge in [0.05, 0.1) is 5.92 Å². The van der Waals surface area contributed by atoms with Crippen molar-refractivity contribution < 1.29 is 9.53 Å². The Labute approximate surface area is 102 Å². The van der Waals surface area contributed by atoms with Crippen molar-refractivity contribution in [3.63, 3.8) is 0 Å². The minimum Gasteiger partial charge on any atom is -0.462 e. The van der Waals surface area contributed by atoms with Crippen LogP contribution in [0.1, 0.15) is 39.0 Å². The van der Waals surface area contributed by atoms with Crippen molar-refractivity contribution in [2.45, 2.75) is 45.1 Å². The van der Waals surface area contributed by atoms with Gasteiger partial charge in [0.1, 0.15) is 6.10 Å². The van der Waals surface area contributed by atoms with Crippen LogP contribution in [0.2, 0.25) is 0 Å². The molecule has 0 amide bonds. The summed E-state index contributed by atoms with van der Waals surface area (Å²) in [4.78, 5) is 12.1. The summed E-state index contributed by atoms with van der Waals surface area (Å²) in [7, 11) is 0. The lowest BCUT2D eigenvalue weighted by atomic mass is 9.39. The minimum atomic E-state index is 0.152. The fraction of sp³-hybridized carbons (Fsp3) is 0.933. The second kappa shape index (κ2) is 2.57. The van der Waals surface area contributed by atoms with Gasteiger partial charge in [-0.15, -0.1) is 0 Å². The molecule has 0 spiro atoms. The second-order valence-electron chi connectivity index (χ2n) is 7.81. The van der Waals surface area contributed by atoms with Crippen LogP contribution < -0.4 is 0 Å². The monoisotopic (exact) mass is 232 g/mol. The highest BCUT2D eigenvalue weighted by Crippen LogP contribution is 2.69. The van der Waals surface area contributed by atoms with Gasteiger partial charge in [0, 0.05) is 0 Å². The highest BCUT2D eigenvalue weighted by Gasteiger charge is 2.66. The van der Waals surface area contributed by atoms with E-state index in [1.165, 1.54) is 19.3 Å². The van der Waals surface area contributed by atoms with Gasteiger partial charge in [-0.05, 0) is 67.1 Å². The van der Waals surface area contributed by atoms with Crippen molar-refractivity contribution in [2.24, 2.45) is 40.9 Å². The number of hydrogen-bond acceptors (Lipinski definition) is 2. The van der Waals surface area contributed by atoms with Crippen LogP contribution >= 0.6 is 0 Å². The zero-order valence-corrected chi connectivity index (χ0v) is 10.4. The molecule has 7 aliphatic rings. The molecule has 2 nitrogen and oxygen atoms in total. The average Bonchev–Trinajstić information content (AvgIpc) is 2.48. The molecule has 7 rings (SSSR count). The first-order valence-electron chi connectivity index (χ1n) is 7.35. The van der Waals surface area contributed by atoms with Crippen LogP contribution in [0.15, 0.2) is 0 Å². The van der Waals surface area contributed by atoms with E-state index in [0.29, 0.717) is 11.5 Å². The van der Waals surface area contributed by atoms with E-state index in [1.807, 2.05) is 0 Å². The molecule has 0 N–H and O–H groups in total. The van der Waals surface area contributed by atoms with E-state index < -0.39 is 0 Å². The number of carbonyl (C=O) groups is 1. The van der Waals surface area contributed by atoms with Gasteiger partial charge in [0.15, 0.2) is 0 Å². The molecule has 0 aromatic rings. The summed E-state index contributed by atoms with van der Waals surface area (Å²) in [6.07, 6.45) is 6.75. The molecule has 5 aliphatic carbocycles. The fourth-order valence-electron chi connectivity index (χ4n) is 6.60. The van der Waals surface area contributed by atoms with Crippen LogP contribution in [0.4, 0.5) is 0 Å². The van der Waals surface area contributed by atoms with E-state index in [0.717, 1.165) is 42.4 Å². The summed E-state index contributed by atoms with van der Waals surface area (Å²) >= 11 is 0. The molecular weight excluding hydrogens is 212 g/mol. The predicted molar refractivity (Wildman–Crippen MR) is 62.0 cm³/mol. The summed E-state index contributed by atoms with van der Waals surface area (Å²) in [6.45, 7) is 2.49. The normalized spacial score (nSPS) is 66.2. The SMILES string of the molecule is CC12CC3C4CC5CC3C(C1)C(OC5=O)C4C2. The molecule has 2 aliphatic heterocycles. The lowest BCUT2D eigenvalue weighted by Gasteiger charge is -2.65. The second-order valence-corrected chi connectivity index (χ2v) is 7.81. The first-order valence-corrected chi connectivity index (χ1v) is 7.35. The molecule has 8 bridgehead atoms. The zero-order valence-electron chi connectivity index (χ0n) is 10.4. The standard InChI is InChI=1S/C15H20O2/c1-15-4-10-8-2-7-3-9(10)12(6-15)13(11(8)5-15)17-14(7)16/h7-13H,2-6H2,1H3. The Kier molecular flexibility index (Phi) is 1.42. The molecule has 2 heteroatoms. The Balaban J connectivity index is 1.69. The van der Waals surface area contributed by atoms with Gasteiger partial charge < -0.3 is 4.74 Å². The number of ether oxygens (including phenoxy) is 1. The largest absolute Gasteiger partial charge is 0.462 e. The van der Waals surface area contributed by atoms with Gasteiger partial charge >= 0.3 is 5.97 Å². The summed E-state index contributed by atoms with van der Waals surface area (Å²) in [5.74, 6) is 4.48. The van der Waals surface area contributed by atoms with Gasteiger partial charge in [0.2, 0.25) is 0 Å². The average molecular weight is 232 g/mol. The Bertz CT molecular complexity index is 391. The van der Waals surface area contributed by atoms with Crippen molar-refractivity contribution in [3.05, 3.63) is 0 Å². The Morgan fingerprint density at radius 3 is 2.24 bits per heavy atom. The van der Waals surface area contributed by atoms with Gasteiger partial charge in [-0.25, -0.2) is 0 Å². The third kappa shape index (κ3) is 0.946. The molecule has 7 fully saturated rings. The van der Waals surface area contributed by atoms with Crippen molar-refractivity contribution in [1.82, 2.24) is 0 Å². The number of carbonyl (C=O) groups excluding carboxylic acids is 1. The van der Waals surface area contributed by atoms with Crippen LogP contribution in [0, 0.1) is 40.9 Å². The van der Waals surface area contributed by atoms with Crippen molar-refractivity contribution in [1.29, 1.82) is 0 Å². The number of fused-ring (bicyclic) bond motifs is 1. The van der Waals surface area contributed by atoms with Crippen molar-refractivity contribution in [2.75, 3.05) is 0 Å². The topological polar surface area (TPSA) is 26.3 Å². The third-order valence-electron chi connectivity index (χ3n) is 6.93. The van der Waals surface area contributed by atoms with Gasteiger partial charge in [-0.2, -0.15) is 0 Å². The summed E-state index contributed by atoms with van der Waals surface area (Å²) in [6, 6.07) is 0. The molecule has 92 valence electrons. The lowest BCUT2D eigenvalue weighted by molar-refractivity contribution is -0.202. The lowest BCUT2D eigenvalue weighted by Crippen LogP contribution is -2.62. The van der Waals surface area contributed by atoms with E-state index in [-0.39, 0.29) is 11.9 Å². The van der Waals surface area contributed by atoms with Gasteiger partial charge in [-0.3, -0.25) is 4.79 Å². The third-order valence-corrected chi connectivity index (χ3v) is 6.93. The van der Waals surface area contributed by atoms with Gasteiger partial charge in [0.25, 0.3) is 0 Å². The molecular formula is C15H20O2. The van der Waals surface area contributed by atoms with Crippen molar-refractivity contribution >= 4 is 5.97 Å². The summed E-state index contributed by atoms with van der Waals surface area (Å²) in [5, 5.41) is 0. The Morgan fingerprint density at radius 1 is 1.00 bits per heavy atom. The fourth-order valence-corrected chi connectivity index (χ4v) is 6.60. The molecule has 0 aromatic heterocycles. The van der Waals surface area contributed by atoms with Gasteiger partial charge in [-0.1, -0.05) is 6.92 Å². The maximum absolute atomic E-state index is 12.1. The molecule has 0 radical (unpaired) electrons. The van der Waals surface area contributed by atoms with Crippen LogP contribution in [0.25, 0.3) is 0 Å². The highest BCUT2D eigenvalue weighted by molar-refractivity contribution is 5.73. The first-order chi connectivity index (χ1) is 8.15. The van der Waals surface area contributed by atoms with Crippen LogP contribution in [0.5, 0.6) is 0 Å². The molecule has 2 saturated heterocycles. The highest BCUT2D eigenvalue weighted by atomic mass is 16.5. The number of hydrogen-bond donors (Lipinski definition) is 0. The number of rotatable bonds is 0. The minimum absolute atomic E-state index is 0.152. The Morgan fingerprint density at radius 2 is 1.59 bits per heavy atom. The maximum atomic E-state index is 12.1. The van der Waals surface area contributed by atoms with Crippen molar-refractivity contribution in [3.8, 4) is 0 Å². The maximum Gasteiger partial charge on any atom is 0.309 e. The summed E-state index contributed by atoms with van der Waals surface area (Å²) < 4.78 is 5.88. The molecule has 5 saturated carbocycles. The molecule has 0 aromatic carbocycles. The van der Waals surface area contributed by atoms with Crippen LogP contribution in [0.3, 0.4) is 0 Å². The predicted octanol–water partition coefficient (Wildman–Crippen LogP) is 2.62.